The van der Waals surface area contributed by atoms with Gasteiger partial charge in [0.15, 0.2) is 0 Å². The van der Waals surface area contributed by atoms with Crippen LogP contribution in [-0.4, -0.2) is 22.1 Å². The first-order valence-corrected chi connectivity index (χ1v) is 6.92. The molecule has 0 saturated carbocycles. The van der Waals surface area contributed by atoms with Crippen molar-refractivity contribution in [2.24, 2.45) is 0 Å². The van der Waals surface area contributed by atoms with E-state index in [0.29, 0.717) is 17.7 Å². The highest BCUT2D eigenvalue weighted by Crippen LogP contribution is 2.17. The van der Waals surface area contributed by atoms with E-state index >= 15 is 0 Å². The third-order valence-electron chi connectivity index (χ3n) is 3.22. The van der Waals surface area contributed by atoms with E-state index in [9.17, 15) is 4.79 Å². The van der Waals surface area contributed by atoms with Crippen molar-refractivity contribution in [3.05, 3.63) is 51.8 Å². The molecule has 0 saturated heterocycles. The fourth-order valence-corrected chi connectivity index (χ4v) is 2.44. The molecule has 5 heteroatoms. The lowest BCUT2D eigenvalue weighted by atomic mass is 10.1. The van der Waals surface area contributed by atoms with Crippen LogP contribution in [-0.2, 0) is 6.42 Å². The van der Waals surface area contributed by atoms with Gasteiger partial charge in [0.05, 0.1) is 11.3 Å². The van der Waals surface area contributed by atoms with Crippen LogP contribution < -0.4 is 5.32 Å². The number of aromatic amines is 1. The number of benzene rings is 1. The minimum absolute atomic E-state index is 0.00361. The molecule has 1 atom stereocenters. The Balaban J connectivity index is 2.04. The molecule has 0 fully saturated rings. The molecule has 4 nitrogen and oxygen atoms in total. The number of carbonyl (C=O) groups is 1. The Morgan fingerprint density at radius 1 is 1.40 bits per heavy atom. The minimum Gasteiger partial charge on any atom is -0.349 e. The van der Waals surface area contributed by atoms with E-state index in [-0.39, 0.29) is 11.9 Å². The average molecular weight is 292 g/mol. The predicted octanol–water partition coefficient (Wildman–Crippen LogP) is 3.04. The third-order valence-corrected chi connectivity index (χ3v) is 3.59. The van der Waals surface area contributed by atoms with Crippen molar-refractivity contribution in [2.45, 2.75) is 33.2 Å². The van der Waals surface area contributed by atoms with Crippen LogP contribution >= 0.6 is 11.6 Å². The quantitative estimate of drug-likeness (QED) is 0.909. The molecule has 0 bridgehead atoms. The number of hydrogen-bond donors (Lipinski definition) is 2. The molecule has 1 unspecified atom stereocenters. The highest BCUT2D eigenvalue weighted by Gasteiger charge is 2.17. The van der Waals surface area contributed by atoms with Crippen molar-refractivity contribution in [2.75, 3.05) is 0 Å². The van der Waals surface area contributed by atoms with Gasteiger partial charge in [-0.1, -0.05) is 29.8 Å². The maximum absolute atomic E-state index is 12.2. The topological polar surface area (TPSA) is 57.8 Å². The second-order valence-corrected chi connectivity index (χ2v) is 5.39. The maximum Gasteiger partial charge on any atom is 0.255 e. The largest absolute Gasteiger partial charge is 0.349 e. The van der Waals surface area contributed by atoms with Gasteiger partial charge >= 0.3 is 0 Å². The van der Waals surface area contributed by atoms with Gasteiger partial charge in [-0.15, -0.1) is 0 Å². The van der Waals surface area contributed by atoms with E-state index in [2.05, 4.69) is 15.5 Å². The van der Waals surface area contributed by atoms with Crippen LogP contribution in [0.2, 0.25) is 5.02 Å². The summed E-state index contributed by atoms with van der Waals surface area (Å²) < 4.78 is 0. The Kier molecular flexibility index (Phi) is 4.45. The van der Waals surface area contributed by atoms with E-state index in [1.54, 1.807) is 0 Å². The van der Waals surface area contributed by atoms with Crippen LogP contribution in [0.1, 0.15) is 34.2 Å². The number of aryl methyl sites for hydroxylation is 2. The molecule has 0 radical (unpaired) electrons. The summed E-state index contributed by atoms with van der Waals surface area (Å²) in [5, 5.41) is 10.6. The van der Waals surface area contributed by atoms with E-state index in [1.165, 1.54) is 0 Å². The first-order valence-electron chi connectivity index (χ1n) is 6.55. The molecule has 0 aliphatic carbocycles. The van der Waals surface area contributed by atoms with Gasteiger partial charge in [-0.2, -0.15) is 5.10 Å². The SMILES string of the molecule is Cc1n[nH]c(C)c1C(=O)NC(C)Cc1ccccc1Cl. The third kappa shape index (κ3) is 3.20. The summed E-state index contributed by atoms with van der Waals surface area (Å²) in [5.74, 6) is -0.103. The zero-order valence-corrected chi connectivity index (χ0v) is 12.6. The molecule has 2 rings (SSSR count). The lowest BCUT2D eigenvalue weighted by molar-refractivity contribution is 0.0939. The Hall–Kier alpha value is -1.81. The van der Waals surface area contributed by atoms with Gasteiger partial charge in [0, 0.05) is 16.8 Å². The Morgan fingerprint density at radius 3 is 2.70 bits per heavy atom. The van der Waals surface area contributed by atoms with Crippen molar-refractivity contribution in [1.82, 2.24) is 15.5 Å². The maximum atomic E-state index is 12.2. The van der Waals surface area contributed by atoms with Gasteiger partial charge in [0.25, 0.3) is 5.91 Å². The van der Waals surface area contributed by atoms with E-state index in [4.69, 9.17) is 11.6 Å². The average Bonchev–Trinajstić information content (AvgIpc) is 2.72. The van der Waals surface area contributed by atoms with Gasteiger partial charge in [-0.3, -0.25) is 9.89 Å². The van der Waals surface area contributed by atoms with Gasteiger partial charge < -0.3 is 5.32 Å². The normalized spacial score (nSPS) is 12.2. The number of aromatic nitrogens is 2. The zero-order valence-electron chi connectivity index (χ0n) is 11.8. The fourth-order valence-electron chi connectivity index (χ4n) is 2.23. The summed E-state index contributed by atoms with van der Waals surface area (Å²) in [6.07, 6.45) is 0.696. The highest BCUT2D eigenvalue weighted by atomic mass is 35.5. The Morgan fingerprint density at radius 2 is 2.10 bits per heavy atom. The molecule has 2 aromatic rings. The summed E-state index contributed by atoms with van der Waals surface area (Å²) in [5.41, 5.74) is 3.15. The molecular formula is C15H18ClN3O. The van der Waals surface area contributed by atoms with Crippen molar-refractivity contribution >= 4 is 17.5 Å². The van der Waals surface area contributed by atoms with Crippen LogP contribution in [0.3, 0.4) is 0 Å². The predicted molar refractivity (Wildman–Crippen MR) is 80.1 cm³/mol. The highest BCUT2D eigenvalue weighted by molar-refractivity contribution is 6.31. The number of carbonyl (C=O) groups excluding carboxylic acids is 1. The lowest BCUT2D eigenvalue weighted by Gasteiger charge is -2.15. The van der Waals surface area contributed by atoms with E-state index < -0.39 is 0 Å². The van der Waals surface area contributed by atoms with Crippen LogP contribution in [0.25, 0.3) is 0 Å². The van der Waals surface area contributed by atoms with E-state index in [1.807, 2.05) is 45.0 Å². The first kappa shape index (κ1) is 14.6. The molecule has 1 aromatic carbocycles. The number of hydrogen-bond acceptors (Lipinski definition) is 2. The summed E-state index contributed by atoms with van der Waals surface area (Å²) in [7, 11) is 0. The number of nitrogens with zero attached hydrogens (tertiary/aromatic N) is 1. The molecule has 20 heavy (non-hydrogen) atoms. The second kappa shape index (κ2) is 6.09. The van der Waals surface area contributed by atoms with Crippen LogP contribution in [0.15, 0.2) is 24.3 Å². The monoisotopic (exact) mass is 291 g/mol. The van der Waals surface area contributed by atoms with Gasteiger partial charge in [0.2, 0.25) is 0 Å². The Bertz CT molecular complexity index is 602. The van der Waals surface area contributed by atoms with Crippen molar-refractivity contribution in [1.29, 1.82) is 0 Å². The number of rotatable bonds is 4. The number of nitrogens with one attached hydrogen (secondary N) is 2. The van der Waals surface area contributed by atoms with Gasteiger partial charge in [-0.05, 0) is 38.8 Å². The van der Waals surface area contributed by atoms with Crippen molar-refractivity contribution in [3.8, 4) is 0 Å². The molecule has 1 amide bonds. The molecule has 2 N–H and O–H groups in total. The standard InChI is InChI=1S/C15H18ClN3O/c1-9(8-12-6-4-5-7-13(12)16)17-15(20)14-10(2)18-19-11(14)3/h4-7,9H,8H2,1-3H3,(H,17,20)(H,18,19). The summed E-state index contributed by atoms with van der Waals surface area (Å²) in [6.45, 7) is 5.62. The molecular weight excluding hydrogens is 274 g/mol. The van der Waals surface area contributed by atoms with Gasteiger partial charge in [-0.25, -0.2) is 0 Å². The summed E-state index contributed by atoms with van der Waals surface area (Å²) >= 11 is 6.13. The lowest BCUT2D eigenvalue weighted by Crippen LogP contribution is -2.34. The zero-order chi connectivity index (χ0) is 14.7. The first-order chi connectivity index (χ1) is 9.49. The van der Waals surface area contributed by atoms with Crippen LogP contribution in [0.4, 0.5) is 0 Å². The minimum atomic E-state index is -0.103. The van der Waals surface area contributed by atoms with Crippen LogP contribution in [0.5, 0.6) is 0 Å². The fraction of sp³-hybridized carbons (Fsp3) is 0.333. The van der Waals surface area contributed by atoms with Crippen molar-refractivity contribution in [3.63, 3.8) is 0 Å². The molecule has 1 heterocycles. The molecule has 1 aromatic heterocycles. The summed E-state index contributed by atoms with van der Waals surface area (Å²) in [6, 6.07) is 7.67. The van der Waals surface area contributed by atoms with E-state index in [0.717, 1.165) is 16.3 Å². The Labute approximate surface area is 123 Å². The molecule has 0 aliphatic rings. The number of amides is 1. The smallest absolute Gasteiger partial charge is 0.255 e. The molecule has 0 aliphatic heterocycles. The number of H-pyrrole nitrogens is 1. The summed E-state index contributed by atoms with van der Waals surface area (Å²) in [4.78, 5) is 12.2. The molecule has 106 valence electrons. The molecule has 0 spiro atoms. The second-order valence-electron chi connectivity index (χ2n) is 4.98. The number of halogens is 1. The van der Waals surface area contributed by atoms with Crippen LogP contribution in [0, 0.1) is 13.8 Å². The van der Waals surface area contributed by atoms with Gasteiger partial charge in [0.1, 0.15) is 0 Å². The van der Waals surface area contributed by atoms with Crippen molar-refractivity contribution < 1.29 is 4.79 Å².